The summed E-state index contributed by atoms with van der Waals surface area (Å²) in [6, 6.07) is 8.54. The smallest absolute Gasteiger partial charge is 0.159 e. The Balaban J connectivity index is 1.81. The molecule has 2 aromatic rings. The monoisotopic (exact) mass is 309 g/mol. The normalized spacial score (nSPS) is 10.9. The van der Waals surface area contributed by atoms with Crippen molar-refractivity contribution in [1.29, 1.82) is 0 Å². The lowest BCUT2D eigenvalue weighted by molar-refractivity contribution is 0.607. The molecule has 0 saturated carbocycles. The highest BCUT2D eigenvalue weighted by atomic mass is 14.9. The first kappa shape index (κ1) is 17.7. The van der Waals surface area contributed by atoms with Gasteiger partial charge in [0.1, 0.15) is 0 Å². The van der Waals surface area contributed by atoms with E-state index in [0.717, 1.165) is 24.2 Å². The molecule has 0 N–H and O–H groups in total. The molecular weight excluding hydrogens is 280 g/mol. The maximum absolute atomic E-state index is 4.53. The van der Waals surface area contributed by atoms with Crippen LogP contribution in [0.25, 0.3) is 11.4 Å². The summed E-state index contributed by atoms with van der Waals surface area (Å²) in [4.78, 5) is 9.07. The summed E-state index contributed by atoms with van der Waals surface area (Å²) in [5.74, 6) is 0.823. The highest BCUT2D eigenvalue weighted by Crippen LogP contribution is 2.17. The molecule has 0 saturated heterocycles. The van der Waals surface area contributed by atoms with Crippen molar-refractivity contribution in [3.8, 4) is 11.4 Å². The Bertz CT molecular complexity index is 543. The van der Waals surface area contributed by atoms with E-state index in [1.54, 1.807) is 0 Å². The van der Waals surface area contributed by atoms with Crippen LogP contribution in [-0.2, 0) is 12.8 Å². The van der Waals surface area contributed by atoms with Crippen LogP contribution in [-0.4, -0.2) is 9.97 Å². The van der Waals surface area contributed by atoms with E-state index in [1.807, 2.05) is 12.4 Å². The predicted octanol–water partition coefficient (Wildman–Crippen LogP) is 5.81. The zero-order valence-electron chi connectivity index (χ0n) is 14.6. The highest BCUT2D eigenvalue weighted by Gasteiger charge is 2.02. The molecule has 1 aromatic carbocycles. The number of rotatable bonds is 10. The number of aryl methyl sites for hydroxylation is 1. The van der Waals surface area contributed by atoms with Gasteiger partial charge < -0.3 is 0 Å². The first-order valence-corrected chi connectivity index (χ1v) is 9.01. The number of nitrogens with zero attached hydrogens (tertiary/aromatic N) is 2. The fraction of sp³-hybridized carbons (Fsp3) is 0.476. The summed E-state index contributed by atoms with van der Waals surface area (Å²) in [5.41, 5.74) is 3.67. The molecule has 23 heavy (non-hydrogen) atoms. The summed E-state index contributed by atoms with van der Waals surface area (Å²) in [7, 11) is 0. The zero-order chi connectivity index (χ0) is 16.3. The van der Waals surface area contributed by atoms with E-state index in [9.17, 15) is 0 Å². The molecule has 1 radical (unpaired) electrons. The van der Waals surface area contributed by atoms with Crippen LogP contribution in [0.5, 0.6) is 0 Å². The van der Waals surface area contributed by atoms with Gasteiger partial charge in [0, 0.05) is 18.0 Å². The second-order valence-electron chi connectivity index (χ2n) is 6.24. The van der Waals surface area contributed by atoms with Gasteiger partial charge in [0.25, 0.3) is 0 Å². The topological polar surface area (TPSA) is 25.8 Å². The van der Waals surface area contributed by atoms with E-state index in [1.165, 1.54) is 49.7 Å². The minimum absolute atomic E-state index is 0.823. The third-order valence-corrected chi connectivity index (χ3v) is 4.18. The number of unbranched alkanes of at least 4 members (excludes halogenated alkanes) is 5. The van der Waals surface area contributed by atoms with Gasteiger partial charge in [0.2, 0.25) is 0 Å². The first-order valence-electron chi connectivity index (χ1n) is 9.01. The van der Waals surface area contributed by atoms with Crippen molar-refractivity contribution in [1.82, 2.24) is 9.97 Å². The number of hydrogen-bond donors (Lipinski definition) is 0. The van der Waals surface area contributed by atoms with E-state index in [2.05, 4.69) is 54.5 Å². The number of hydrogen-bond acceptors (Lipinski definition) is 2. The quantitative estimate of drug-likeness (QED) is 0.517. The van der Waals surface area contributed by atoms with Gasteiger partial charge in [-0.25, -0.2) is 9.97 Å². The van der Waals surface area contributed by atoms with E-state index in [4.69, 9.17) is 0 Å². The summed E-state index contributed by atoms with van der Waals surface area (Å²) < 4.78 is 0. The van der Waals surface area contributed by atoms with Crippen LogP contribution in [0.4, 0.5) is 0 Å². The summed E-state index contributed by atoms with van der Waals surface area (Å²) in [6.07, 6.45) is 16.2. The third kappa shape index (κ3) is 6.13. The Kier molecular flexibility index (Phi) is 7.79. The molecule has 0 amide bonds. The van der Waals surface area contributed by atoms with E-state index in [-0.39, 0.29) is 0 Å². The molecular formula is C21H29N2. The first-order chi connectivity index (χ1) is 11.3. The van der Waals surface area contributed by atoms with Crippen LogP contribution < -0.4 is 0 Å². The molecule has 1 aromatic heterocycles. The molecule has 0 spiro atoms. The van der Waals surface area contributed by atoms with E-state index in [0.29, 0.717) is 0 Å². The molecule has 123 valence electrons. The molecule has 0 fully saturated rings. The van der Waals surface area contributed by atoms with Crippen LogP contribution in [0.1, 0.15) is 63.5 Å². The lowest BCUT2D eigenvalue weighted by atomic mass is 10.1. The van der Waals surface area contributed by atoms with Crippen LogP contribution in [0.15, 0.2) is 36.7 Å². The van der Waals surface area contributed by atoms with Crippen molar-refractivity contribution in [3.63, 3.8) is 0 Å². The average Bonchev–Trinajstić information content (AvgIpc) is 2.60. The van der Waals surface area contributed by atoms with Crippen molar-refractivity contribution in [2.24, 2.45) is 0 Å². The number of benzene rings is 1. The molecule has 0 aliphatic heterocycles. The molecule has 0 atom stereocenters. The van der Waals surface area contributed by atoms with Crippen LogP contribution in [0.2, 0.25) is 0 Å². The fourth-order valence-corrected chi connectivity index (χ4v) is 2.77. The second-order valence-corrected chi connectivity index (χ2v) is 6.24. The largest absolute Gasteiger partial charge is 0.236 e. The molecule has 0 aliphatic rings. The minimum Gasteiger partial charge on any atom is -0.236 e. The molecule has 2 heteroatoms. The Morgan fingerprint density at radius 1 is 0.826 bits per heavy atom. The van der Waals surface area contributed by atoms with Gasteiger partial charge in [-0.05, 0) is 36.8 Å². The van der Waals surface area contributed by atoms with E-state index < -0.39 is 0 Å². The summed E-state index contributed by atoms with van der Waals surface area (Å²) in [5, 5.41) is 0. The van der Waals surface area contributed by atoms with Crippen molar-refractivity contribution in [2.45, 2.75) is 65.2 Å². The standard InChI is InChI=1S/C21H29N2/c1-3-5-6-7-8-9-11-19-16-22-21(23-17-19)20-14-12-18(10-4-2)13-15-20/h4,12-17H,3,5-11H2,1-2H3. The summed E-state index contributed by atoms with van der Waals surface area (Å²) >= 11 is 0. The summed E-state index contributed by atoms with van der Waals surface area (Å²) in [6.45, 7) is 4.34. The van der Waals surface area contributed by atoms with Gasteiger partial charge in [-0.1, -0.05) is 70.2 Å². The molecule has 1 heterocycles. The van der Waals surface area contributed by atoms with Crippen LogP contribution in [0, 0.1) is 6.42 Å². The zero-order valence-corrected chi connectivity index (χ0v) is 14.6. The molecule has 0 unspecified atom stereocenters. The van der Waals surface area contributed by atoms with Gasteiger partial charge in [-0.2, -0.15) is 0 Å². The Hall–Kier alpha value is -1.70. The van der Waals surface area contributed by atoms with Gasteiger partial charge >= 0.3 is 0 Å². The van der Waals surface area contributed by atoms with Crippen molar-refractivity contribution in [3.05, 3.63) is 54.2 Å². The van der Waals surface area contributed by atoms with Crippen LogP contribution in [0.3, 0.4) is 0 Å². The SMILES string of the molecule is C[CH]Cc1ccc(-c2ncc(CCCCCCCC)cn2)cc1. The fourth-order valence-electron chi connectivity index (χ4n) is 2.77. The van der Waals surface area contributed by atoms with Crippen LogP contribution >= 0.6 is 0 Å². The molecule has 2 rings (SSSR count). The maximum atomic E-state index is 4.53. The average molecular weight is 309 g/mol. The minimum atomic E-state index is 0.823. The Morgan fingerprint density at radius 3 is 2.13 bits per heavy atom. The molecule has 0 bridgehead atoms. The third-order valence-electron chi connectivity index (χ3n) is 4.18. The van der Waals surface area contributed by atoms with Gasteiger partial charge in [0.15, 0.2) is 5.82 Å². The Labute approximate surface area is 141 Å². The van der Waals surface area contributed by atoms with Gasteiger partial charge in [0.05, 0.1) is 0 Å². The molecule has 0 aliphatic carbocycles. The van der Waals surface area contributed by atoms with E-state index >= 15 is 0 Å². The lowest BCUT2D eigenvalue weighted by Gasteiger charge is -2.04. The van der Waals surface area contributed by atoms with Crippen molar-refractivity contribution >= 4 is 0 Å². The predicted molar refractivity (Wildman–Crippen MR) is 98.2 cm³/mol. The highest BCUT2D eigenvalue weighted by molar-refractivity contribution is 5.55. The Morgan fingerprint density at radius 2 is 1.48 bits per heavy atom. The second kappa shape index (κ2) is 10.1. The van der Waals surface area contributed by atoms with Crippen molar-refractivity contribution < 1.29 is 0 Å². The lowest BCUT2D eigenvalue weighted by Crippen LogP contribution is -1.94. The molecule has 2 nitrogen and oxygen atoms in total. The maximum Gasteiger partial charge on any atom is 0.159 e. The van der Waals surface area contributed by atoms with Crippen molar-refractivity contribution in [2.75, 3.05) is 0 Å². The van der Waals surface area contributed by atoms with Gasteiger partial charge in [-0.3, -0.25) is 0 Å². The number of aromatic nitrogens is 2. The van der Waals surface area contributed by atoms with Gasteiger partial charge in [-0.15, -0.1) is 0 Å².